The number of nitrogens with zero attached hydrogens (tertiary/aromatic N) is 2. The zero-order valence-electron chi connectivity index (χ0n) is 22.0. The molecule has 0 spiro atoms. The first-order chi connectivity index (χ1) is 18.3. The Balaban J connectivity index is 1.38. The Kier molecular flexibility index (Phi) is 7.29. The Bertz CT molecular complexity index is 1310. The number of nitrogens with one attached hydrogen (secondary N) is 2. The third-order valence-electron chi connectivity index (χ3n) is 8.26. The highest BCUT2D eigenvalue weighted by Crippen LogP contribution is 2.50. The van der Waals surface area contributed by atoms with Crippen LogP contribution in [0, 0.1) is 11.6 Å². The topological polar surface area (TPSA) is 67.8 Å². The number of carbonyl (C=O) groups is 1. The number of hydrogen-bond acceptors (Lipinski definition) is 4. The van der Waals surface area contributed by atoms with Gasteiger partial charge in [-0.15, -0.1) is 0 Å². The van der Waals surface area contributed by atoms with Gasteiger partial charge in [0.05, 0.1) is 14.2 Å². The Labute approximate surface area is 221 Å². The van der Waals surface area contributed by atoms with Crippen molar-refractivity contribution < 1.29 is 23.0 Å². The molecule has 3 atom stereocenters. The third-order valence-corrected chi connectivity index (χ3v) is 8.26. The van der Waals surface area contributed by atoms with Gasteiger partial charge >= 0.3 is 6.03 Å². The number of methoxy groups -OCH3 is 2. The first kappa shape index (κ1) is 26.0. The van der Waals surface area contributed by atoms with Crippen molar-refractivity contribution in [1.82, 2.24) is 14.8 Å². The molecule has 1 aliphatic carbocycles. The number of carbonyl (C=O) groups excluding carboxylic acids is 1. The van der Waals surface area contributed by atoms with E-state index in [2.05, 4.69) is 57.6 Å². The summed E-state index contributed by atoms with van der Waals surface area (Å²) in [5, 5.41) is 5.71. The Morgan fingerprint density at radius 3 is 2.58 bits per heavy atom. The minimum absolute atomic E-state index is 0.0624. The van der Waals surface area contributed by atoms with Crippen LogP contribution in [0.4, 0.5) is 19.3 Å². The Hall–Kier alpha value is -3.59. The molecule has 5 rings (SSSR count). The highest BCUT2D eigenvalue weighted by atomic mass is 19.2. The van der Waals surface area contributed by atoms with Crippen molar-refractivity contribution >= 4 is 11.7 Å². The van der Waals surface area contributed by atoms with Crippen molar-refractivity contribution in [2.45, 2.75) is 49.7 Å². The van der Waals surface area contributed by atoms with E-state index in [0.717, 1.165) is 50.9 Å². The SMILES string of the molecule is COc1ccc(C23CCC(NC(=O)Nc4ccc(F)c(F)c4)CC2N(Cc2cccn2C)CC3)cc1OC. The lowest BCUT2D eigenvalue weighted by Gasteiger charge is -2.45. The van der Waals surface area contributed by atoms with Crippen LogP contribution in [0.2, 0.25) is 0 Å². The molecule has 1 saturated carbocycles. The lowest BCUT2D eigenvalue weighted by atomic mass is 9.65. The van der Waals surface area contributed by atoms with Crippen molar-refractivity contribution in [3.63, 3.8) is 0 Å². The van der Waals surface area contributed by atoms with Gasteiger partial charge in [0, 0.05) is 54.7 Å². The fourth-order valence-corrected chi connectivity index (χ4v) is 6.24. The van der Waals surface area contributed by atoms with Crippen LogP contribution in [0.1, 0.15) is 36.9 Å². The van der Waals surface area contributed by atoms with Gasteiger partial charge in [-0.1, -0.05) is 6.07 Å². The molecule has 2 amide bonds. The molecule has 3 aromatic rings. The largest absolute Gasteiger partial charge is 0.493 e. The second kappa shape index (κ2) is 10.6. The van der Waals surface area contributed by atoms with Crippen LogP contribution in [0.3, 0.4) is 0 Å². The number of rotatable bonds is 7. The van der Waals surface area contributed by atoms with Crippen LogP contribution >= 0.6 is 0 Å². The van der Waals surface area contributed by atoms with Gasteiger partial charge in [0.2, 0.25) is 0 Å². The fraction of sp³-hybridized carbons (Fsp3) is 0.414. The van der Waals surface area contributed by atoms with Crippen LogP contribution in [0.5, 0.6) is 11.5 Å². The molecule has 9 heteroatoms. The number of urea groups is 1. The zero-order valence-corrected chi connectivity index (χ0v) is 22.0. The molecule has 1 aromatic heterocycles. The molecular formula is C29H34F2N4O3. The highest BCUT2D eigenvalue weighted by Gasteiger charge is 2.51. The molecule has 2 heterocycles. The molecule has 2 fully saturated rings. The van der Waals surface area contributed by atoms with E-state index in [-0.39, 0.29) is 23.2 Å². The van der Waals surface area contributed by atoms with Crippen molar-refractivity contribution in [3.8, 4) is 11.5 Å². The summed E-state index contributed by atoms with van der Waals surface area (Å²) in [6, 6.07) is 13.5. The third kappa shape index (κ3) is 4.95. The molecule has 38 heavy (non-hydrogen) atoms. The van der Waals surface area contributed by atoms with Crippen molar-refractivity contribution in [3.05, 3.63) is 77.6 Å². The highest BCUT2D eigenvalue weighted by molar-refractivity contribution is 5.89. The summed E-state index contributed by atoms with van der Waals surface area (Å²) < 4.78 is 40.1. The maximum absolute atomic E-state index is 13.6. The van der Waals surface area contributed by atoms with Gasteiger partial charge in [-0.05, 0) is 74.2 Å². The van der Waals surface area contributed by atoms with Gasteiger partial charge in [-0.25, -0.2) is 13.6 Å². The summed E-state index contributed by atoms with van der Waals surface area (Å²) in [5.41, 5.74) is 2.58. The van der Waals surface area contributed by atoms with Crippen LogP contribution in [-0.2, 0) is 19.0 Å². The summed E-state index contributed by atoms with van der Waals surface area (Å²) in [6.45, 7) is 1.76. The number of halogens is 2. The number of ether oxygens (including phenoxy) is 2. The minimum Gasteiger partial charge on any atom is -0.493 e. The molecule has 3 unspecified atom stereocenters. The smallest absolute Gasteiger partial charge is 0.319 e. The van der Waals surface area contributed by atoms with E-state index in [0.29, 0.717) is 11.5 Å². The minimum atomic E-state index is -0.998. The second-order valence-electron chi connectivity index (χ2n) is 10.3. The van der Waals surface area contributed by atoms with Crippen LogP contribution in [0.15, 0.2) is 54.7 Å². The average molecular weight is 525 g/mol. The molecule has 1 saturated heterocycles. The van der Waals surface area contributed by atoms with E-state index in [1.807, 2.05) is 6.07 Å². The fourth-order valence-electron chi connectivity index (χ4n) is 6.24. The average Bonchev–Trinajstić information content (AvgIpc) is 3.49. The van der Waals surface area contributed by atoms with Gasteiger partial charge in [0.1, 0.15) is 0 Å². The number of amides is 2. The first-order valence-electron chi connectivity index (χ1n) is 12.9. The predicted octanol–water partition coefficient (Wildman–Crippen LogP) is 5.21. The lowest BCUT2D eigenvalue weighted by Crippen LogP contribution is -2.52. The summed E-state index contributed by atoms with van der Waals surface area (Å²) in [4.78, 5) is 15.3. The van der Waals surface area contributed by atoms with Crippen molar-refractivity contribution in [1.29, 1.82) is 0 Å². The first-order valence-corrected chi connectivity index (χ1v) is 12.9. The van der Waals surface area contributed by atoms with Gasteiger partial charge in [0.15, 0.2) is 23.1 Å². The Morgan fingerprint density at radius 1 is 1.05 bits per heavy atom. The molecule has 2 aliphatic rings. The molecule has 0 bridgehead atoms. The molecule has 0 radical (unpaired) electrons. The van der Waals surface area contributed by atoms with E-state index in [9.17, 15) is 13.6 Å². The summed E-state index contributed by atoms with van der Waals surface area (Å²) in [6.07, 6.45) is 5.52. The number of fused-ring (bicyclic) bond motifs is 1. The van der Waals surface area contributed by atoms with E-state index in [4.69, 9.17) is 9.47 Å². The van der Waals surface area contributed by atoms with Crippen LogP contribution in [0.25, 0.3) is 0 Å². The number of benzene rings is 2. The number of aromatic nitrogens is 1. The van der Waals surface area contributed by atoms with Crippen LogP contribution in [-0.4, -0.2) is 48.3 Å². The number of likely N-dealkylation sites (tertiary alicyclic amines) is 1. The van der Waals surface area contributed by atoms with Gasteiger partial charge in [-0.3, -0.25) is 4.90 Å². The zero-order chi connectivity index (χ0) is 26.9. The number of anilines is 1. The van der Waals surface area contributed by atoms with Crippen LogP contribution < -0.4 is 20.1 Å². The molecule has 2 aromatic carbocycles. The summed E-state index contributed by atoms with van der Waals surface area (Å²) >= 11 is 0. The quantitative estimate of drug-likeness (QED) is 0.446. The predicted molar refractivity (Wildman–Crippen MR) is 142 cm³/mol. The van der Waals surface area contributed by atoms with Crippen molar-refractivity contribution in [2.75, 3.05) is 26.1 Å². The molecule has 1 aliphatic heterocycles. The van der Waals surface area contributed by atoms with E-state index < -0.39 is 17.7 Å². The standard InChI is InChI=1S/C29H34F2N4O3/c1-34-13-4-5-22(34)18-35-14-12-29(19-6-9-25(37-2)26(15-19)38-3)11-10-21(17-27(29)35)33-28(36)32-20-7-8-23(30)24(31)16-20/h4-9,13,15-16,21,27H,10-12,14,17-18H2,1-3H3,(H2,32,33,36). The maximum Gasteiger partial charge on any atom is 0.319 e. The normalized spacial score (nSPS) is 23.1. The Morgan fingerprint density at radius 2 is 1.87 bits per heavy atom. The number of aryl methyl sites for hydroxylation is 1. The van der Waals surface area contributed by atoms with Gasteiger partial charge in [0.25, 0.3) is 0 Å². The van der Waals surface area contributed by atoms with E-state index >= 15 is 0 Å². The number of hydrogen-bond donors (Lipinski definition) is 2. The van der Waals surface area contributed by atoms with Gasteiger partial charge in [-0.2, -0.15) is 0 Å². The lowest BCUT2D eigenvalue weighted by molar-refractivity contribution is 0.129. The second-order valence-corrected chi connectivity index (χ2v) is 10.3. The molecular weight excluding hydrogens is 490 g/mol. The summed E-state index contributed by atoms with van der Waals surface area (Å²) in [5.74, 6) is -0.533. The van der Waals surface area contributed by atoms with Crippen molar-refractivity contribution in [2.24, 2.45) is 7.05 Å². The molecule has 2 N–H and O–H groups in total. The van der Waals surface area contributed by atoms with E-state index in [1.54, 1.807) is 14.2 Å². The van der Waals surface area contributed by atoms with Gasteiger partial charge < -0.3 is 24.7 Å². The maximum atomic E-state index is 13.6. The molecule has 202 valence electrons. The summed E-state index contributed by atoms with van der Waals surface area (Å²) in [7, 11) is 5.35. The van der Waals surface area contributed by atoms with E-state index in [1.165, 1.54) is 17.3 Å². The molecule has 7 nitrogen and oxygen atoms in total. The monoisotopic (exact) mass is 524 g/mol.